The molecule has 1 aromatic carbocycles. The minimum atomic E-state index is -0.344. The van der Waals surface area contributed by atoms with E-state index in [0.717, 1.165) is 12.8 Å². The highest BCUT2D eigenvalue weighted by molar-refractivity contribution is 5.91. The maximum atomic E-state index is 12.0. The molecule has 6 nitrogen and oxygen atoms in total. The number of carbonyl (C=O) groups is 2. The maximum Gasteiger partial charge on any atom is 0.319 e. The number of rotatable bonds is 7. The first-order valence-corrected chi connectivity index (χ1v) is 8.64. The van der Waals surface area contributed by atoms with Gasteiger partial charge in [-0.05, 0) is 38.8 Å². The van der Waals surface area contributed by atoms with Gasteiger partial charge in [0.1, 0.15) is 5.75 Å². The molecule has 0 heterocycles. The van der Waals surface area contributed by atoms with E-state index in [1.54, 1.807) is 6.07 Å². The van der Waals surface area contributed by atoms with Crippen LogP contribution in [0.5, 0.6) is 5.75 Å². The highest BCUT2D eigenvalue weighted by Crippen LogP contribution is 2.24. The molecule has 2 rings (SSSR count). The van der Waals surface area contributed by atoms with Crippen LogP contribution in [0.1, 0.15) is 46.0 Å². The molecule has 1 fully saturated rings. The molecule has 6 heteroatoms. The largest absolute Gasteiger partial charge is 0.489 e. The van der Waals surface area contributed by atoms with Gasteiger partial charge in [0.15, 0.2) is 0 Å². The predicted molar refractivity (Wildman–Crippen MR) is 94.2 cm³/mol. The van der Waals surface area contributed by atoms with Gasteiger partial charge in [0, 0.05) is 19.0 Å². The number of carbonyl (C=O) groups excluding carboxylic acids is 2. The lowest BCUT2D eigenvalue weighted by Crippen LogP contribution is -2.36. The molecule has 1 aromatic rings. The van der Waals surface area contributed by atoms with E-state index in [1.807, 2.05) is 32.0 Å². The average Bonchev–Trinajstić information content (AvgIpc) is 3.01. The van der Waals surface area contributed by atoms with E-state index in [0.29, 0.717) is 24.0 Å². The van der Waals surface area contributed by atoms with Gasteiger partial charge in [-0.3, -0.25) is 4.79 Å². The molecule has 0 bridgehead atoms. The van der Waals surface area contributed by atoms with E-state index < -0.39 is 0 Å². The maximum absolute atomic E-state index is 12.0. The number of para-hydroxylation sites is 2. The van der Waals surface area contributed by atoms with Crippen molar-refractivity contribution in [1.29, 1.82) is 0 Å². The molecule has 0 atom stereocenters. The van der Waals surface area contributed by atoms with Gasteiger partial charge in [-0.15, -0.1) is 0 Å². The number of hydrogen-bond donors (Lipinski definition) is 3. The van der Waals surface area contributed by atoms with Crippen molar-refractivity contribution in [3.63, 3.8) is 0 Å². The van der Waals surface area contributed by atoms with Crippen LogP contribution in [0.25, 0.3) is 0 Å². The van der Waals surface area contributed by atoms with Gasteiger partial charge in [-0.25, -0.2) is 4.79 Å². The molecule has 0 unspecified atom stereocenters. The highest BCUT2D eigenvalue weighted by Gasteiger charge is 2.17. The van der Waals surface area contributed by atoms with Gasteiger partial charge in [0.25, 0.3) is 0 Å². The Kier molecular flexibility index (Phi) is 6.90. The highest BCUT2D eigenvalue weighted by atomic mass is 16.5. The molecular weight excluding hydrogens is 306 g/mol. The summed E-state index contributed by atoms with van der Waals surface area (Å²) >= 11 is 0. The van der Waals surface area contributed by atoms with Crippen molar-refractivity contribution in [2.24, 2.45) is 0 Å². The summed E-state index contributed by atoms with van der Waals surface area (Å²) < 4.78 is 5.66. The van der Waals surface area contributed by atoms with E-state index in [2.05, 4.69) is 16.0 Å². The van der Waals surface area contributed by atoms with Crippen molar-refractivity contribution in [3.8, 4) is 5.75 Å². The van der Waals surface area contributed by atoms with Crippen molar-refractivity contribution in [2.45, 2.75) is 58.1 Å². The molecular formula is C18H27N3O3. The lowest BCUT2D eigenvalue weighted by molar-refractivity contribution is -0.121. The van der Waals surface area contributed by atoms with Crippen LogP contribution in [0.2, 0.25) is 0 Å². The Labute approximate surface area is 143 Å². The summed E-state index contributed by atoms with van der Waals surface area (Å²) in [5, 5.41) is 8.46. The molecule has 0 saturated heterocycles. The van der Waals surface area contributed by atoms with E-state index in [1.165, 1.54) is 12.8 Å². The molecule has 3 amide bonds. The fourth-order valence-electron chi connectivity index (χ4n) is 2.75. The number of ether oxygens (including phenoxy) is 1. The molecule has 1 aliphatic rings. The van der Waals surface area contributed by atoms with Crippen molar-refractivity contribution in [2.75, 3.05) is 11.9 Å². The normalized spacial score (nSPS) is 14.5. The predicted octanol–water partition coefficient (Wildman–Crippen LogP) is 3.04. The number of urea groups is 1. The summed E-state index contributed by atoms with van der Waals surface area (Å²) in [6, 6.07) is 7.25. The zero-order valence-electron chi connectivity index (χ0n) is 14.4. The van der Waals surface area contributed by atoms with Gasteiger partial charge in [0.2, 0.25) is 5.91 Å². The summed E-state index contributed by atoms with van der Waals surface area (Å²) in [4.78, 5) is 23.8. The molecule has 132 valence electrons. The third-order valence-electron chi connectivity index (χ3n) is 3.86. The minimum absolute atomic E-state index is 0.00857. The topological polar surface area (TPSA) is 79.5 Å². The van der Waals surface area contributed by atoms with E-state index >= 15 is 0 Å². The molecule has 0 aliphatic heterocycles. The molecule has 1 saturated carbocycles. The SMILES string of the molecule is CC(C)Oc1ccccc1NC(=O)NCCC(=O)NC1CCCC1. The van der Waals surface area contributed by atoms with Gasteiger partial charge in [0.05, 0.1) is 11.8 Å². The Morgan fingerprint density at radius 1 is 1.21 bits per heavy atom. The molecule has 0 radical (unpaired) electrons. The molecule has 24 heavy (non-hydrogen) atoms. The van der Waals surface area contributed by atoms with Crippen LogP contribution in [-0.2, 0) is 4.79 Å². The monoisotopic (exact) mass is 333 g/mol. The summed E-state index contributed by atoms with van der Waals surface area (Å²) in [5.74, 6) is 0.618. The summed E-state index contributed by atoms with van der Waals surface area (Å²) in [6.45, 7) is 4.16. The first-order valence-electron chi connectivity index (χ1n) is 8.64. The quantitative estimate of drug-likeness (QED) is 0.717. The molecule has 0 spiro atoms. The summed E-state index contributed by atoms with van der Waals surface area (Å²) in [6.07, 6.45) is 4.80. The minimum Gasteiger partial charge on any atom is -0.489 e. The fraction of sp³-hybridized carbons (Fsp3) is 0.556. The second-order valence-electron chi connectivity index (χ2n) is 6.34. The van der Waals surface area contributed by atoms with Crippen LogP contribution in [0.15, 0.2) is 24.3 Å². The second-order valence-corrected chi connectivity index (χ2v) is 6.34. The Morgan fingerprint density at radius 2 is 1.92 bits per heavy atom. The Morgan fingerprint density at radius 3 is 2.62 bits per heavy atom. The lowest BCUT2D eigenvalue weighted by atomic mass is 10.2. The number of hydrogen-bond acceptors (Lipinski definition) is 3. The van der Waals surface area contributed by atoms with Gasteiger partial charge in [-0.2, -0.15) is 0 Å². The Balaban J connectivity index is 1.72. The Hall–Kier alpha value is -2.24. The third kappa shape index (κ3) is 6.10. The summed E-state index contributed by atoms with van der Waals surface area (Å²) in [5.41, 5.74) is 0.610. The molecule has 3 N–H and O–H groups in total. The van der Waals surface area contributed by atoms with Crippen LogP contribution in [0, 0.1) is 0 Å². The zero-order valence-corrected chi connectivity index (χ0v) is 14.4. The van der Waals surface area contributed by atoms with Gasteiger partial charge >= 0.3 is 6.03 Å². The third-order valence-corrected chi connectivity index (χ3v) is 3.86. The van der Waals surface area contributed by atoms with Gasteiger partial charge < -0.3 is 20.7 Å². The van der Waals surface area contributed by atoms with Crippen LogP contribution in [0.3, 0.4) is 0 Å². The number of benzene rings is 1. The summed E-state index contributed by atoms with van der Waals surface area (Å²) in [7, 11) is 0. The lowest BCUT2D eigenvalue weighted by Gasteiger charge is -2.15. The fourth-order valence-corrected chi connectivity index (χ4v) is 2.75. The van der Waals surface area contributed by atoms with Crippen molar-refractivity contribution in [3.05, 3.63) is 24.3 Å². The standard InChI is InChI=1S/C18H27N3O3/c1-13(2)24-16-10-6-5-9-15(16)21-18(23)19-12-11-17(22)20-14-7-3-4-8-14/h5-6,9-10,13-14H,3-4,7-8,11-12H2,1-2H3,(H,20,22)(H2,19,21,23). The zero-order chi connectivity index (χ0) is 17.4. The van der Waals surface area contributed by atoms with Crippen molar-refractivity contribution >= 4 is 17.6 Å². The number of amides is 3. The first kappa shape index (κ1) is 18.1. The van der Waals surface area contributed by atoms with Crippen molar-refractivity contribution in [1.82, 2.24) is 10.6 Å². The van der Waals surface area contributed by atoms with Gasteiger partial charge in [-0.1, -0.05) is 25.0 Å². The van der Waals surface area contributed by atoms with Crippen LogP contribution in [0.4, 0.5) is 10.5 Å². The van der Waals surface area contributed by atoms with E-state index in [4.69, 9.17) is 4.74 Å². The average molecular weight is 333 g/mol. The first-order chi connectivity index (χ1) is 11.5. The Bertz CT molecular complexity index is 554. The van der Waals surface area contributed by atoms with Crippen LogP contribution in [-0.4, -0.2) is 30.6 Å². The smallest absolute Gasteiger partial charge is 0.319 e. The second kappa shape index (κ2) is 9.15. The van der Waals surface area contributed by atoms with Crippen molar-refractivity contribution < 1.29 is 14.3 Å². The van der Waals surface area contributed by atoms with Crippen LogP contribution < -0.4 is 20.7 Å². The molecule has 0 aromatic heterocycles. The van der Waals surface area contributed by atoms with E-state index in [9.17, 15) is 9.59 Å². The van der Waals surface area contributed by atoms with Crippen LogP contribution >= 0.6 is 0 Å². The van der Waals surface area contributed by atoms with E-state index in [-0.39, 0.29) is 24.5 Å². The number of nitrogens with one attached hydrogen (secondary N) is 3. The molecule has 1 aliphatic carbocycles. The number of anilines is 1.